The number of esters is 1. The van der Waals surface area contributed by atoms with Crippen LogP contribution in [0.15, 0.2) is 48.2 Å². The molecule has 7 nitrogen and oxygen atoms in total. The van der Waals surface area contributed by atoms with Crippen molar-refractivity contribution >= 4 is 18.0 Å². The van der Waals surface area contributed by atoms with Gasteiger partial charge in [0.1, 0.15) is 5.60 Å². The molecule has 0 N–H and O–H groups in total. The first-order chi connectivity index (χ1) is 14.5. The number of benzene rings is 2. The maximum Gasteiger partial charge on any atom is 0.338 e. The number of nitrogens with zero attached hydrogens (tertiary/aromatic N) is 2. The number of allylic oxidation sites excluding steroid dienone is 1. The number of carbonyl (C=O) groups is 2. The van der Waals surface area contributed by atoms with Gasteiger partial charge in [0.05, 0.1) is 10.5 Å². The first-order valence-corrected chi connectivity index (χ1v) is 10.1. The van der Waals surface area contributed by atoms with Crippen LogP contribution in [0.25, 0.3) is 6.08 Å². The molecule has 0 radical (unpaired) electrons. The van der Waals surface area contributed by atoms with Gasteiger partial charge in [0.25, 0.3) is 5.91 Å². The topological polar surface area (TPSA) is 89.8 Å². The Hall–Kier alpha value is -3.48. The smallest absolute Gasteiger partial charge is 0.338 e. The van der Waals surface area contributed by atoms with E-state index in [1.54, 1.807) is 31.7 Å². The van der Waals surface area contributed by atoms with Crippen LogP contribution in [0.2, 0.25) is 0 Å². The van der Waals surface area contributed by atoms with Crippen molar-refractivity contribution in [1.29, 1.82) is 0 Å². The summed E-state index contributed by atoms with van der Waals surface area (Å²) < 4.78 is 5.42. The summed E-state index contributed by atoms with van der Waals surface area (Å²) >= 11 is 0. The first-order valence-electron chi connectivity index (χ1n) is 10.1. The Kier molecular flexibility index (Phi) is 6.24. The van der Waals surface area contributed by atoms with Crippen molar-refractivity contribution < 1.29 is 19.2 Å². The highest BCUT2D eigenvalue weighted by Crippen LogP contribution is 2.24. The quantitative estimate of drug-likeness (QED) is 0.412. The number of carbonyl (C=O) groups excluding carboxylic acids is 2. The molecule has 0 aliphatic carbocycles. The van der Waals surface area contributed by atoms with Crippen LogP contribution >= 0.6 is 0 Å². The summed E-state index contributed by atoms with van der Waals surface area (Å²) in [5.41, 5.74) is 2.37. The second-order valence-corrected chi connectivity index (χ2v) is 8.59. The van der Waals surface area contributed by atoms with Gasteiger partial charge in [0, 0.05) is 31.7 Å². The zero-order chi connectivity index (χ0) is 22.8. The Morgan fingerprint density at radius 2 is 1.81 bits per heavy atom. The van der Waals surface area contributed by atoms with E-state index >= 15 is 0 Å². The number of nitro groups is 1. The lowest BCUT2D eigenvalue weighted by Gasteiger charge is -2.29. The van der Waals surface area contributed by atoms with Crippen LogP contribution in [0.4, 0.5) is 0 Å². The molecule has 1 heterocycles. The third-order valence-electron chi connectivity index (χ3n) is 4.99. The fraction of sp³-hybridized carbons (Fsp3) is 0.333. The van der Waals surface area contributed by atoms with E-state index in [1.807, 2.05) is 18.2 Å². The number of rotatable bonds is 4. The molecule has 1 aliphatic heterocycles. The lowest BCUT2D eigenvalue weighted by atomic mass is 9.97. The van der Waals surface area contributed by atoms with Crippen molar-refractivity contribution in [2.75, 3.05) is 6.54 Å². The normalized spacial score (nSPS) is 14.1. The predicted molar refractivity (Wildman–Crippen MR) is 117 cm³/mol. The molecule has 0 saturated carbocycles. The van der Waals surface area contributed by atoms with Crippen LogP contribution in [-0.4, -0.2) is 33.8 Å². The molecule has 2 aromatic carbocycles. The van der Waals surface area contributed by atoms with Gasteiger partial charge in [-0.2, -0.15) is 0 Å². The number of fused-ring (bicyclic) bond motifs is 1. The summed E-state index contributed by atoms with van der Waals surface area (Å²) in [4.78, 5) is 38.3. The third kappa shape index (κ3) is 5.36. The van der Waals surface area contributed by atoms with Gasteiger partial charge in [-0.1, -0.05) is 30.3 Å². The van der Waals surface area contributed by atoms with E-state index in [0.29, 0.717) is 18.7 Å². The summed E-state index contributed by atoms with van der Waals surface area (Å²) in [5.74, 6) is -0.825. The van der Waals surface area contributed by atoms with Gasteiger partial charge in [-0.25, -0.2) is 4.79 Å². The maximum atomic E-state index is 13.4. The highest BCUT2D eigenvalue weighted by atomic mass is 16.6. The number of hydrogen-bond donors (Lipinski definition) is 0. The lowest BCUT2D eigenvalue weighted by Crippen LogP contribution is -2.36. The van der Waals surface area contributed by atoms with Gasteiger partial charge >= 0.3 is 5.97 Å². The molecule has 1 amide bonds. The van der Waals surface area contributed by atoms with Crippen LogP contribution in [0, 0.1) is 10.1 Å². The second kappa shape index (κ2) is 8.71. The molecule has 162 valence electrons. The van der Waals surface area contributed by atoms with Crippen LogP contribution in [0.3, 0.4) is 0 Å². The van der Waals surface area contributed by atoms with E-state index in [4.69, 9.17) is 4.74 Å². The molecule has 0 aromatic heterocycles. The molecule has 31 heavy (non-hydrogen) atoms. The number of hydrogen-bond acceptors (Lipinski definition) is 5. The fourth-order valence-corrected chi connectivity index (χ4v) is 3.45. The van der Waals surface area contributed by atoms with Crippen molar-refractivity contribution in [3.05, 3.63) is 86.1 Å². The van der Waals surface area contributed by atoms with Gasteiger partial charge in [-0.3, -0.25) is 14.9 Å². The Morgan fingerprint density at radius 1 is 1.13 bits per heavy atom. The summed E-state index contributed by atoms with van der Waals surface area (Å²) in [6.45, 7) is 7.64. The van der Waals surface area contributed by atoms with Crippen LogP contribution < -0.4 is 0 Å². The third-order valence-corrected chi connectivity index (χ3v) is 4.99. The van der Waals surface area contributed by atoms with Crippen LogP contribution in [0.1, 0.15) is 65.1 Å². The molecule has 0 bridgehead atoms. The molecular weight excluding hydrogens is 396 g/mol. The van der Waals surface area contributed by atoms with E-state index in [2.05, 4.69) is 6.07 Å². The van der Waals surface area contributed by atoms with Gasteiger partial charge in [0.2, 0.25) is 5.70 Å². The molecule has 0 unspecified atom stereocenters. The van der Waals surface area contributed by atoms with Gasteiger partial charge < -0.3 is 9.64 Å². The lowest BCUT2D eigenvalue weighted by molar-refractivity contribution is -0.422. The highest BCUT2D eigenvalue weighted by Gasteiger charge is 2.26. The summed E-state index contributed by atoms with van der Waals surface area (Å²) in [5, 5.41) is 11.1. The van der Waals surface area contributed by atoms with Gasteiger partial charge in [-0.05, 0) is 56.0 Å². The highest BCUT2D eigenvalue weighted by molar-refractivity contribution is 6.01. The van der Waals surface area contributed by atoms with Crippen molar-refractivity contribution in [2.45, 2.75) is 46.3 Å². The summed E-state index contributed by atoms with van der Waals surface area (Å²) in [7, 11) is 0. The van der Waals surface area contributed by atoms with E-state index < -0.39 is 16.5 Å². The minimum absolute atomic E-state index is 0.0944. The fourth-order valence-electron chi connectivity index (χ4n) is 3.45. The van der Waals surface area contributed by atoms with Gasteiger partial charge in [0.15, 0.2) is 0 Å². The maximum absolute atomic E-state index is 13.4. The van der Waals surface area contributed by atoms with Crippen molar-refractivity contribution in [3.63, 3.8) is 0 Å². The Morgan fingerprint density at radius 3 is 2.45 bits per heavy atom. The molecule has 0 fully saturated rings. The van der Waals surface area contributed by atoms with E-state index in [9.17, 15) is 19.7 Å². The Bertz CT molecular complexity index is 1070. The van der Waals surface area contributed by atoms with Crippen molar-refractivity contribution in [1.82, 2.24) is 4.90 Å². The Labute approximate surface area is 181 Å². The molecule has 0 atom stereocenters. The number of amides is 1. The number of ether oxygens (including phenoxy) is 1. The summed E-state index contributed by atoms with van der Waals surface area (Å²) in [6, 6.07) is 12.5. The second-order valence-electron chi connectivity index (χ2n) is 8.59. The van der Waals surface area contributed by atoms with Crippen LogP contribution in [-0.2, 0) is 17.7 Å². The average Bonchev–Trinajstić information content (AvgIpc) is 2.71. The zero-order valence-corrected chi connectivity index (χ0v) is 18.2. The van der Waals surface area contributed by atoms with E-state index in [1.165, 1.54) is 30.7 Å². The molecule has 0 spiro atoms. The Balaban J connectivity index is 1.99. The SMILES string of the molecule is C/C(=C\c1ccc(C(=O)OC(C)(C)C)cc1C(=O)N1CCc2ccccc2C1)[N+](=O)[O-]. The largest absolute Gasteiger partial charge is 0.456 e. The zero-order valence-electron chi connectivity index (χ0n) is 18.2. The van der Waals surface area contributed by atoms with Crippen LogP contribution in [0.5, 0.6) is 0 Å². The minimum atomic E-state index is -0.682. The van der Waals surface area contributed by atoms with E-state index in [0.717, 1.165) is 12.0 Å². The molecular formula is C24H26N2O5. The summed E-state index contributed by atoms with van der Waals surface area (Å²) in [6.07, 6.45) is 2.08. The first kappa shape index (κ1) is 22.2. The van der Waals surface area contributed by atoms with Gasteiger partial charge in [-0.15, -0.1) is 0 Å². The molecule has 1 aliphatic rings. The van der Waals surface area contributed by atoms with E-state index in [-0.39, 0.29) is 22.7 Å². The standard InChI is InChI=1S/C24H26N2O5/c1-16(26(29)30)13-18-9-10-19(23(28)31-24(2,3)4)14-21(18)22(27)25-12-11-17-7-5-6-8-20(17)15-25/h5-10,13-14H,11-12,15H2,1-4H3/b16-13+. The predicted octanol–water partition coefficient (Wildman–Crippen LogP) is 4.48. The average molecular weight is 422 g/mol. The van der Waals surface area contributed by atoms with Crippen molar-refractivity contribution in [3.8, 4) is 0 Å². The molecule has 0 saturated heterocycles. The molecule has 3 rings (SSSR count). The molecule has 7 heteroatoms. The monoisotopic (exact) mass is 422 g/mol. The van der Waals surface area contributed by atoms with Crippen molar-refractivity contribution in [2.24, 2.45) is 0 Å². The molecule has 2 aromatic rings. The minimum Gasteiger partial charge on any atom is -0.456 e.